The minimum atomic E-state index is -0.729. The quantitative estimate of drug-likeness (QED) is 0.172. The summed E-state index contributed by atoms with van der Waals surface area (Å²) in [7, 11) is 3.12. The fraction of sp³-hybridized carbons (Fsp3) is 0.0690. The van der Waals surface area contributed by atoms with Crippen LogP contribution in [0, 0.1) is 10.1 Å². The van der Waals surface area contributed by atoms with Crippen molar-refractivity contribution in [3.8, 4) is 39.8 Å². The lowest BCUT2D eigenvalue weighted by Gasteiger charge is -2.21. The van der Waals surface area contributed by atoms with E-state index in [9.17, 15) is 19.7 Å². The number of nitro groups is 1. The van der Waals surface area contributed by atoms with Gasteiger partial charge >= 0.3 is 0 Å². The van der Waals surface area contributed by atoms with Gasteiger partial charge < -0.3 is 9.47 Å². The topological polar surface area (TPSA) is 114 Å². The van der Waals surface area contributed by atoms with Crippen molar-refractivity contribution in [2.75, 3.05) is 14.2 Å². The monoisotopic (exact) mass is 505 g/mol. The molecule has 9 heteroatoms. The van der Waals surface area contributed by atoms with Crippen LogP contribution in [0.3, 0.4) is 0 Å². The van der Waals surface area contributed by atoms with Crippen molar-refractivity contribution in [2.24, 2.45) is 0 Å². The Kier molecular flexibility index (Phi) is 5.27. The van der Waals surface area contributed by atoms with E-state index >= 15 is 0 Å². The van der Waals surface area contributed by atoms with E-state index in [1.807, 2.05) is 24.3 Å². The molecule has 1 aliphatic rings. The molecule has 1 aromatic heterocycles. The van der Waals surface area contributed by atoms with E-state index in [0.717, 1.165) is 10.8 Å². The molecule has 0 atom stereocenters. The molecule has 0 unspecified atom stereocenters. The van der Waals surface area contributed by atoms with Crippen molar-refractivity contribution in [2.45, 2.75) is 0 Å². The van der Waals surface area contributed by atoms with Crippen LogP contribution in [-0.4, -0.2) is 40.3 Å². The van der Waals surface area contributed by atoms with Gasteiger partial charge in [0.15, 0.2) is 5.75 Å². The van der Waals surface area contributed by atoms with Gasteiger partial charge in [0.2, 0.25) is 5.78 Å². The molecule has 0 aliphatic heterocycles. The fourth-order valence-corrected chi connectivity index (χ4v) is 4.96. The number of ether oxygens (including phenoxy) is 2. The average Bonchev–Trinajstić information content (AvgIpc) is 3.36. The van der Waals surface area contributed by atoms with Gasteiger partial charge in [-0.05, 0) is 12.1 Å². The molecular formula is C29H19N3O6. The van der Waals surface area contributed by atoms with Crippen molar-refractivity contribution in [3.63, 3.8) is 0 Å². The Morgan fingerprint density at radius 3 is 2.13 bits per heavy atom. The number of aromatic nitrogens is 2. The van der Waals surface area contributed by atoms with E-state index in [-0.39, 0.29) is 16.9 Å². The van der Waals surface area contributed by atoms with Crippen molar-refractivity contribution in [1.82, 2.24) is 9.55 Å². The van der Waals surface area contributed by atoms with E-state index in [4.69, 9.17) is 9.47 Å². The zero-order chi connectivity index (χ0) is 26.6. The zero-order valence-corrected chi connectivity index (χ0v) is 20.3. The highest BCUT2D eigenvalue weighted by molar-refractivity contribution is 6.52. The number of benzene rings is 4. The summed E-state index contributed by atoms with van der Waals surface area (Å²) >= 11 is 0. The predicted molar refractivity (Wildman–Crippen MR) is 140 cm³/mol. The maximum absolute atomic E-state index is 13.3. The number of ketones is 2. The second kappa shape index (κ2) is 8.67. The summed E-state index contributed by atoms with van der Waals surface area (Å²) in [4.78, 5) is 41.7. The van der Waals surface area contributed by atoms with Crippen LogP contribution >= 0.6 is 0 Å². The second-order valence-corrected chi connectivity index (χ2v) is 8.65. The van der Waals surface area contributed by atoms with Crippen molar-refractivity contribution >= 4 is 28.0 Å². The average molecular weight is 505 g/mol. The van der Waals surface area contributed by atoms with Crippen LogP contribution in [0.5, 0.6) is 11.5 Å². The van der Waals surface area contributed by atoms with E-state index < -0.39 is 16.5 Å². The maximum Gasteiger partial charge on any atom is 0.269 e. The number of Topliss-reactive ketones (excluding diaryl/α,β-unsaturated/α-hetero) is 2. The van der Waals surface area contributed by atoms with Gasteiger partial charge in [0, 0.05) is 45.7 Å². The van der Waals surface area contributed by atoms with Crippen molar-refractivity contribution in [3.05, 3.63) is 100 Å². The third kappa shape index (κ3) is 3.29. The summed E-state index contributed by atoms with van der Waals surface area (Å²) in [6.07, 6.45) is 0. The number of carbonyl (C=O) groups excluding carboxylic acids is 2. The van der Waals surface area contributed by atoms with Crippen LogP contribution in [0.25, 0.3) is 39.1 Å². The molecule has 0 bridgehead atoms. The lowest BCUT2D eigenvalue weighted by atomic mass is 9.90. The summed E-state index contributed by atoms with van der Waals surface area (Å²) in [6.45, 7) is 0. The normalized spacial score (nSPS) is 12.3. The molecule has 4 aromatic carbocycles. The predicted octanol–water partition coefficient (Wildman–Crippen LogP) is 5.66. The molecule has 0 saturated carbocycles. The van der Waals surface area contributed by atoms with Gasteiger partial charge in [-0.1, -0.05) is 48.5 Å². The number of hydrogen-bond donors (Lipinski definition) is 0. The van der Waals surface area contributed by atoms with Gasteiger partial charge in [0.25, 0.3) is 11.5 Å². The highest BCUT2D eigenvalue weighted by Crippen LogP contribution is 2.45. The maximum atomic E-state index is 13.3. The molecule has 0 amide bonds. The van der Waals surface area contributed by atoms with Gasteiger partial charge in [-0.3, -0.25) is 24.3 Å². The van der Waals surface area contributed by atoms with Crippen molar-refractivity contribution < 1.29 is 24.0 Å². The molecule has 186 valence electrons. The van der Waals surface area contributed by atoms with Crippen molar-refractivity contribution in [1.29, 1.82) is 0 Å². The van der Waals surface area contributed by atoms with Crippen LogP contribution < -0.4 is 9.47 Å². The van der Waals surface area contributed by atoms with E-state index in [0.29, 0.717) is 39.8 Å². The number of carbonyl (C=O) groups is 2. The summed E-state index contributed by atoms with van der Waals surface area (Å²) in [5.74, 6) is 0.0216. The summed E-state index contributed by atoms with van der Waals surface area (Å²) in [6, 6.07) is 22.1. The van der Waals surface area contributed by atoms with Gasteiger partial charge in [0.05, 0.1) is 30.5 Å². The standard InChI is InChI=1S/C29H19N3O6/c1-37-23-15-22(28(38-2)21-10-6-3-7-18(21)23)31-25-19-8-4-5-9-20(19)26(33)27(34)24(25)30-29(31)16-11-13-17(14-12-16)32(35)36/h3-15H,1-2H3. The third-order valence-corrected chi connectivity index (χ3v) is 6.66. The molecule has 38 heavy (non-hydrogen) atoms. The van der Waals surface area contributed by atoms with Crippen LogP contribution in [0.4, 0.5) is 5.69 Å². The Morgan fingerprint density at radius 2 is 1.47 bits per heavy atom. The molecule has 1 heterocycles. The van der Waals surface area contributed by atoms with Gasteiger partial charge in [0.1, 0.15) is 17.3 Å². The van der Waals surface area contributed by atoms with Gasteiger partial charge in [-0.15, -0.1) is 0 Å². The lowest BCUT2D eigenvalue weighted by molar-refractivity contribution is -0.384. The highest BCUT2D eigenvalue weighted by atomic mass is 16.6. The van der Waals surface area contributed by atoms with Crippen LogP contribution in [0.15, 0.2) is 78.9 Å². The molecular weight excluding hydrogens is 486 g/mol. The number of nitro benzene ring substituents is 1. The van der Waals surface area contributed by atoms with E-state index in [1.165, 1.54) is 12.1 Å². The van der Waals surface area contributed by atoms with Gasteiger partial charge in [-0.25, -0.2) is 4.98 Å². The lowest BCUT2D eigenvalue weighted by Crippen LogP contribution is -2.22. The van der Waals surface area contributed by atoms with Crippen LogP contribution in [-0.2, 0) is 0 Å². The fourth-order valence-electron chi connectivity index (χ4n) is 4.96. The Labute approximate surface area is 216 Å². The highest BCUT2D eigenvalue weighted by Gasteiger charge is 2.37. The number of rotatable bonds is 5. The molecule has 0 N–H and O–H groups in total. The number of methoxy groups -OCH3 is 2. The Bertz CT molecular complexity index is 1800. The smallest absolute Gasteiger partial charge is 0.269 e. The summed E-state index contributed by atoms with van der Waals surface area (Å²) < 4.78 is 13.4. The molecule has 6 rings (SSSR count). The number of nitrogens with zero attached hydrogens (tertiary/aromatic N) is 3. The summed E-state index contributed by atoms with van der Waals surface area (Å²) in [5.41, 5.74) is 2.19. The Hall–Kier alpha value is -5.31. The molecule has 9 nitrogen and oxygen atoms in total. The molecule has 1 aliphatic carbocycles. The minimum Gasteiger partial charge on any atom is -0.496 e. The van der Waals surface area contributed by atoms with E-state index in [2.05, 4.69) is 4.98 Å². The first-order chi connectivity index (χ1) is 18.4. The SMILES string of the molecule is COc1cc(-n2c(-c3ccc([N+](=O)[O-])cc3)nc3c2-c2ccccc2C(=O)C3=O)c(OC)c2ccccc12. The molecule has 0 fully saturated rings. The molecule has 0 radical (unpaired) electrons. The number of non-ortho nitro benzene ring substituents is 1. The van der Waals surface area contributed by atoms with E-state index in [1.54, 1.807) is 61.3 Å². The first-order valence-corrected chi connectivity index (χ1v) is 11.6. The molecule has 0 saturated heterocycles. The first-order valence-electron chi connectivity index (χ1n) is 11.6. The largest absolute Gasteiger partial charge is 0.496 e. The van der Waals surface area contributed by atoms with Gasteiger partial charge in [-0.2, -0.15) is 0 Å². The Balaban J connectivity index is 1.76. The number of fused-ring (bicyclic) bond motifs is 4. The van der Waals surface area contributed by atoms with Crippen LogP contribution in [0.1, 0.15) is 20.8 Å². The zero-order valence-electron chi connectivity index (χ0n) is 20.3. The number of imidazole rings is 1. The Morgan fingerprint density at radius 1 is 0.816 bits per heavy atom. The molecule has 5 aromatic rings. The first kappa shape index (κ1) is 23.1. The summed E-state index contributed by atoms with van der Waals surface area (Å²) in [5, 5.41) is 12.9. The number of hydrogen-bond acceptors (Lipinski definition) is 7. The third-order valence-electron chi connectivity index (χ3n) is 6.66. The van der Waals surface area contributed by atoms with Crippen LogP contribution in [0.2, 0.25) is 0 Å². The molecule has 0 spiro atoms. The minimum absolute atomic E-state index is 0.00349. The second-order valence-electron chi connectivity index (χ2n) is 8.65.